The number of amides is 1. The van der Waals surface area contributed by atoms with Crippen LogP contribution in [0.15, 0.2) is 6.20 Å². The van der Waals surface area contributed by atoms with Crippen LogP contribution in [0.3, 0.4) is 0 Å². The number of nitrogen functional groups attached to an aromatic ring is 1. The molecule has 5 heteroatoms. The molecule has 0 saturated heterocycles. The van der Waals surface area contributed by atoms with Gasteiger partial charge in [0.1, 0.15) is 5.69 Å². The highest BCUT2D eigenvalue weighted by atomic mass is 16.2. The lowest BCUT2D eigenvalue weighted by molar-refractivity contribution is 0.0948. The van der Waals surface area contributed by atoms with E-state index >= 15 is 0 Å². The van der Waals surface area contributed by atoms with Gasteiger partial charge in [-0.2, -0.15) is 0 Å². The van der Waals surface area contributed by atoms with E-state index in [9.17, 15) is 4.79 Å². The summed E-state index contributed by atoms with van der Waals surface area (Å²) in [4.78, 5) is 18.9. The Morgan fingerprint density at radius 2 is 2.17 bits per heavy atom. The summed E-state index contributed by atoms with van der Waals surface area (Å²) in [6.07, 6.45) is 1.39. The smallest absolute Gasteiger partial charge is 0.285 e. The lowest BCUT2D eigenvalue weighted by atomic mass is 10.3. The number of hydrogen-bond donors (Lipinski definition) is 2. The zero-order chi connectivity index (χ0) is 9.14. The van der Waals surface area contributed by atoms with E-state index in [1.807, 2.05) is 12.3 Å². The van der Waals surface area contributed by atoms with Crippen molar-refractivity contribution >= 4 is 5.91 Å². The van der Waals surface area contributed by atoms with Crippen LogP contribution in [0.5, 0.6) is 0 Å². The third kappa shape index (κ3) is 1.57. The number of hydrazine groups is 1. The summed E-state index contributed by atoms with van der Waals surface area (Å²) in [5.74, 6) is 4.50. The number of nitrogens with two attached hydrogens (primary N) is 1. The highest BCUT2D eigenvalue weighted by molar-refractivity contribution is 5.91. The minimum absolute atomic E-state index is 0.237. The molecule has 0 fully saturated rings. The summed E-state index contributed by atoms with van der Waals surface area (Å²) in [7, 11) is 0. The summed E-state index contributed by atoms with van der Waals surface area (Å²) < 4.78 is 0. The van der Waals surface area contributed by atoms with Crippen LogP contribution in [0.4, 0.5) is 0 Å². The molecule has 0 radical (unpaired) electrons. The van der Waals surface area contributed by atoms with Crippen molar-refractivity contribution in [3.05, 3.63) is 23.3 Å². The maximum absolute atomic E-state index is 10.9. The van der Waals surface area contributed by atoms with Crippen molar-refractivity contribution in [2.75, 3.05) is 0 Å². The van der Waals surface area contributed by atoms with Gasteiger partial charge in [-0.1, -0.05) is 0 Å². The van der Waals surface area contributed by atoms with E-state index in [0.29, 0.717) is 0 Å². The molecule has 1 aromatic rings. The van der Waals surface area contributed by atoms with E-state index in [-0.39, 0.29) is 5.69 Å². The first-order chi connectivity index (χ1) is 5.65. The Labute approximate surface area is 70.0 Å². The molecule has 1 rings (SSSR count). The van der Waals surface area contributed by atoms with Crippen molar-refractivity contribution in [3.63, 3.8) is 0 Å². The van der Waals surface area contributed by atoms with Crippen molar-refractivity contribution in [2.24, 2.45) is 5.84 Å². The molecular formula is C7H10N4O. The van der Waals surface area contributed by atoms with Gasteiger partial charge in [0.05, 0.1) is 17.6 Å². The lowest BCUT2D eigenvalue weighted by Gasteiger charge is -2.00. The zero-order valence-corrected chi connectivity index (χ0v) is 6.96. The fourth-order valence-electron chi connectivity index (χ4n) is 0.725. The Morgan fingerprint density at radius 3 is 2.67 bits per heavy atom. The van der Waals surface area contributed by atoms with E-state index in [1.54, 1.807) is 6.92 Å². The Morgan fingerprint density at radius 1 is 1.50 bits per heavy atom. The Balaban J connectivity index is 3.05. The zero-order valence-electron chi connectivity index (χ0n) is 6.96. The minimum atomic E-state index is -0.425. The van der Waals surface area contributed by atoms with Crippen LogP contribution >= 0.6 is 0 Å². The van der Waals surface area contributed by atoms with Crippen molar-refractivity contribution in [1.82, 2.24) is 15.4 Å². The van der Waals surface area contributed by atoms with Gasteiger partial charge < -0.3 is 0 Å². The summed E-state index contributed by atoms with van der Waals surface area (Å²) in [5.41, 5.74) is 3.76. The van der Waals surface area contributed by atoms with Crippen molar-refractivity contribution in [3.8, 4) is 0 Å². The topological polar surface area (TPSA) is 80.9 Å². The number of aryl methyl sites for hydroxylation is 2. The summed E-state index contributed by atoms with van der Waals surface area (Å²) >= 11 is 0. The second kappa shape index (κ2) is 3.27. The molecule has 0 saturated carbocycles. The van der Waals surface area contributed by atoms with Crippen molar-refractivity contribution in [2.45, 2.75) is 13.8 Å². The first-order valence-corrected chi connectivity index (χ1v) is 3.46. The summed E-state index contributed by atoms with van der Waals surface area (Å²) in [6.45, 7) is 3.61. The molecule has 0 unspecified atom stereocenters. The van der Waals surface area contributed by atoms with Crippen LogP contribution in [-0.2, 0) is 0 Å². The van der Waals surface area contributed by atoms with E-state index in [2.05, 4.69) is 9.97 Å². The number of carbonyl (C=O) groups is 1. The molecule has 0 aliphatic rings. The number of carbonyl (C=O) groups excluding carboxylic acids is 1. The fourth-order valence-corrected chi connectivity index (χ4v) is 0.725. The number of hydrogen-bond acceptors (Lipinski definition) is 4. The van der Waals surface area contributed by atoms with Crippen molar-refractivity contribution < 1.29 is 4.79 Å². The SMILES string of the molecule is Cc1ncc(C(=O)NN)nc1C. The molecule has 5 nitrogen and oxygen atoms in total. The molecule has 12 heavy (non-hydrogen) atoms. The number of nitrogens with one attached hydrogen (secondary N) is 1. The molecule has 0 aliphatic heterocycles. The van der Waals surface area contributed by atoms with E-state index < -0.39 is 5.91 Å². The fraction of sp³-hybridized carbons (Fsp3) is 0.286. The van der Waals surface area contributed by atoms with Crippen LogP contribution in [0.25, 0.3) is 0 Å². The highest BCUT2D eigenvalue weighted by Gasteiger charge is 2.06. The molecule has 3 N–H and O–H groups in total. The number of rotatable bonds is 1. The molecule has 0 atom stereocenters. The quantitative estimate of drug-likeness (QED) is 0.341. The maximum atomic E-state index is 10.9. The summed E-state index contributed by atoms with van der Waals surface area (Å²) in [6, 6.07) is 0. The number of nitrogens with zero attached hydrogens (tertiary/aromatic N) is 2. The van der Waals surface area contributed by atoms with Gasteiger partial charge in [0, 0.05) is 0 Å². The van der Waals surface area contributed by atoms with E-state index in [1.165, 1.54) is 6.20 Å². The standard InChI is InChI=1S/C7H10N4O/c1-4-5(2)10-6(3-9-4)7(12)11-8/h3H,8H2,1-2H3,(H,11,12). The normalized spacial score (nSPS) is 9.58. The first kappa shape index (κ1) is 8.61. The third-order valence-corrected chi connectivity index (χ3v) is 1.56. The van der Waals surface area contributed by atoms with Crippen LogP contribution in [-0.4, -0.2) is 15.9 Å². The van der Waals surface area contributed by atoms with Gasteiger partial charge in [-0.05, 0) is 13.8 Å². The van der Waals surface area contributed by atoms with Crippen LogP contribution in [0.1, 0.15) is 21.9 Å². The second-order valence-corrected chi connectivity index (χ2v) is 2.40. The van der Waals surface area contributed by atoms with Gasteiger partial charge in [-0.15, -0.1) is 0 Å². The van der Waals surface area contributed by atoms with Crippen LogP contribution in [0, 0.1) is 13.8 Å². The van der Waals surface area contributed by atoms with E-state index in [4.69, 9.17) is 5.84 Å². The Kier molecular flexibility index (Phi) is 2.35. The summed E-state index contributed by atoms with van der Waals surface area (Å²) in [5, 5.41) is 0. The van der Waals surface area contributed by atoms with Gasteiger partial charge in [-0.3, -0.25) is 15.2 Å². The number of aromatic nitrogens is 2. The third-order valence-electron chi connectivity index (χ3n) is 1.56. The average molecular weight is 166 g/mol. The monoisotopic (exact) mass is 166 g/mol. The maximum Gasteiger partial charge on any atom is 0.285 e. The van der Waals surface area contributed by atoms with Gasteiger partial charge in [-0.25, -0.2) is 10.8 Å². The molecule has 1 heterocycles. The van der Waals surface area contributed by atoms with Crippen LogP contribution < -0.4 is 11.3 Å². The predicted octanol–water partition coefficient (Wildman–Crippen LogP) is -0.303. The average Bonchev–Trinajstić information content (AvgIpc) is 2.08. The second-order valence-electron chi connectivity index (χ2n) is 2.40. The highest BCUT2D eigenvalue weighted by Crippen LogP contribution is 2.00. The first-order valence-electron chi connectivity index (χ1n) is 3.46. The molecular weight excluding hydrogens is 156 g/mol. The lowest BCUT2D eigenvalue weighted by Crippen LogP contribution is -2.31. The molecule has 0 aromatic carbocycles. The Bertz CT molecular complexity index is 310. The van der Waals surface area contributed by atoms with Gasteiger partial charge in [0.25, 0.3) is 5.91 Å². The molecule has 64 valence electrons. The van der Waals surface area contributed by atoms with Gasteiger partial charge in [0.2, 0.25) is 0 Å². The predicted molar refractivity (Wildman–Crippen MR) is 43.2 cm³/mol. The molecule has 0 bridgehead atoms. The van der Waals surface area contributed by atoms with Gasteiger partial charge in [0.15, 0.2) is 0 Å². The molecule has 1 amide bonds. The minimum Gasteiger partial charge on any atom is -0.289 e. The molecule has 1 aromatic heterocycles. The molecule has 0 aliphatic carbocycles. The largest absolute Gasteiger partial charge is 0.289 e. The van der Waals surface area contributed by atoms with Crippen molar-refractivity contribution in [1.29, 1.82) is 0 Å². The molecule has 0 spiro atoms. The van der Waals surface area contributed by atoms with E-state index in [0.717, 1.165) is 11.4 Å². The Hall–Kier alpha value is -1.49. The van der Waals surface area contributed by atoms with Gasteiger partial charge >= 0.3 is 0 Å². The van der Waals surface area contributed by atoms with Crippen LogP contribution in [0.2, 0.25) is 0 Å².